The van der Waals surface area contributed by atoms with Crippen LogP contribution in [0.25, 0.3) is 16.8 Å². The number of benzene rings is 1. The number of hydrogen-bond acceptors (Lipinski definition) is 3. The number of rotatable bonds is 3. The number of aliphatic hydroxyl groups excluding tert-OH is 1. The number of ketones is 1. The molecule has 1 heterocycles. The predicted octanol–water partition coefficient (Wildman–Crippen LogP) is 5.89. The van der Waals surface area contributed by atoms with Crippen LogP contribution in [-0.4, -0.2) is 15.9 Å². The van der Waals surface area contributed by atoms with Crippen LogP contribution in [0.3, 0.4) is 0 Å². The van der Waals surface area contributed by atoms with Crippen molar-refractivity contribution in [3.8, 4) is 11.3 Å². The quantitative estimate of drug-likeness (QED) is 0.714. The number of aromatic nitrogens is 1. The minimum Gasteiger partial charge on any atom is -0.511 e. The van der Waals surface area contributed by atoms with E-state index in [0.29, 0.717) is 21.3 Å². The van der Waals surface area contributed by atoms with Crippen molar-refractivity contribution in [3.05, 3.63) is 57.4 Å². The number of pyridine rings is 1. The fourth-order valence-corrected chi connectivity index (χ4v) is 4.65. The number of nitrogens with zero attached hydrogens (tertiary/aromatic N) is 1. The molecule has 26 heavy (non-hydrogen) atoms. The van der Waals surface area contributed by atoms with Crippen molar-refractivity contribution in [3.63, 3.8) is 0 Å². The molecule has 5 heteroatoms. The van der Waals surface area contributed by atoms with Gasteiger partial charge in [-0.1, -0.05) is 42.3 Å². The van der Waals surface area contributed by atoms with Crippen LogP contribution in [0.2, 0.25) is 10.0 Å². The van der Waals surface area contributed by atoms with Gasteiger partial charge in [-0.25, -0.2) is 0 Å². The first-order valence-electron chi connectivity index (χ1n) is 8.91. The van der Waals surface area contributed by atoms with E-state index in [2.05, 4.69) is 4.98 Å². The Morgan fingerprint density at radius 1 is 1.19 bits per heavy atom. The van der Waals surface area contributed by atoms with Gasteiger partial charge in [0.25, 0.3) is 0 Å². The number of carbonyl (C=O) groups is 1. The Hall–Kier alpha value is -1.84. The van der Waals surface area contributed by atoms with Gasteiger partial charge in [-0.2, -0.15) is 0 Å². The second kappa shape index (κ2) is 6.71. The number of Topliss-reactive ketones (excluding diaryl/α,β-unsaturated/α-hetero) is 1. The molecule has 2 aliphatic carbocycles. The van der Waals surface area contributed by atoms with E-state index in [-0.39, 0.29) is 23.4 Å². The smallest absolute Gasteiger partial charge is 0.169 e. The average molecular weight is 388 g/mol. The van der Waals surface area contributed by atoms with Crippen molar-refractivity contribution in [1.82, 2.24) is 4.98 Å². The highest BCUT2D eigenvalue weighted by atomic mass is 35.5. The number of aliphatic hydroxyl groups is 1. The maximum absolute atomic E-state index is 12.9. The standard InChI is InChI=1S/C21H19Cl2NO2/c1-2-11-3-4-12(19-17(23)9-15(22)10-24-19)8-16(11)18-20(25)13-5-6-14(7-13)21(18)26/h3-4,8-10,13-14,25H,2,5-7H2,1H3/t13-,14+/m1/s1. The highest BCUT2D eigenvalue weighted by Crippen LogP contribution is 2.46. The molecule has 0 radical (unpaired) electrons. The van der Waals surface area contributed by atoms with Crippen LogP contribution in [0.15, 0.2) is 36.2 Å². The summed E-state index contributed by atoms with van der Waals surface area (Å²) >= 11 is 12.3. The third-order valence-electron chi connectivity index (χ3n) is 5.53. The van der Waals surface area contributed by atoms with E-state index in [0.717, 1.165) is 42.4 Å². The van der Waals surface area contributed by atoms with Crippen LogP contribution >= 0.6 is 23.2 Å². The van der Waals surface area contributed by atoms with E-state index in [1.165, 1.54) is 0 Å². The SMILES string of the molecule is CCc1ccc(-c2ncc(Cl)cc2Cl)cc1C1=C(O)[C@@H]2CC[C@@H](C2)C1=O. The van der Waals surface area contributed by atoms with Crippen molar-refractivity contribution in [2.45, 2.75) is 32.6 Å². The fraction of sp³-hybridized carbons (Fsp3) is 0.333. The van der Waals surface area contributed by atoms with Crippen molar-refractivity contribution in [2.75, 3.05) is 0 Å². The summed E-state index contributed by atoms with van der Waals surface area (Å²) < 4.78 is 0. The largest absolute Gasteiger partial charge is 0.511 e. The highest BCUT2D eigenvalue weighted by molar-refractivity contribution is 6.36. The van der Waals surface area contributed by atoms with Crippen LogP contribution in [0.4, 0.5) is 0 Å². The maximum Gasteiger partial charge on any atom is 0.169 e. The average Bonchev–Trinajstić information content (AvgIpc) is 3.07. The fourth-order valence-electron chi connectivity index (χ4n) is 4.16. The van der Waals surface area contributed by atoms with E-state index < -0.39 is 0 Å². The zero-order valence-electron chi connectivity index (χ0n) is 14.4. The van der Waals surface area contributed by atoms with Gasteiger partial charge in [-0.15, -0.1) is 0 Å². The van der Waals surface area contributed by atoms with Crippen LogP contribution in [-0.2, 0) is 11.2 Å². The second-order valence-electron chi connectivity index (χ2n) is 7.04. The van der Waals surface area contributed by atoms with Crippen molar-refractivity contribution >= 4 is 34.6 Å². The van der Waals surface area contributed by atoms with Gasteiger partial charge in [0.2, 0.25) is 0 Å². The molecular formula is C21H19Cl2NO2. The molecule has 1 fully saturated rings. The topological polar surface area (TPSA) is 50.2 Å². The zero-order valence-corrected chi connectivity index (χ0v) is 15.9. The summed E-state index contributed by atoms with van der Waals surface area (Å²) in [6.45, 7) is 2.05. The zero-order chi connectivity index (χ0) is 18.4. The van der Waals surface area contributed by atoms with Gasteiger partial charge >= 0.3 is 0 Å². The summed E-state index contributed by atoms with van der Waals surface area (Å²) in [5.41, 5.74) is 3.76. The van der Waals surface area contributed by atoms with Gasteiger partial charge in [0.05, 0.1) is 21.3 Å². The van der Waals surface area contributed by atoms with E-state index in [1.54, 1.807) is 12.3 Å². The minimum atomic E-state index is 0.0384. The lowest BCUT2D eigenvalue weighted by atomic mass is 9.81. The molecule has 2 atom stereocenters. The van der Waals surface area contributed by atoms with Gasteiger partial charge in [-0.05, 0) is 48.9 Å². The van der Waals surface area contributed by atoms with E-state index in [1.807, 2.05) is 25.1 Å². The van der Waals surface area contributed by atoms with Crippen LogP contribution in [0, 0.1) is 11.8 Å². The van der Waals surface area contributed by atoms with Crippen LogP contribution in [0.5, 0.6) is 0 Å². The molecule has 1 aromatic carbocycles. The summed E-state index contributed by atoms with van der Waals surface area (Å²) in [4.78, 5) is 17.3. The van der Waals surface area contributed by atoms with Gasteiger partial charge < -0.3 is 5.11 Å². The Labute approximate surface area is 162 Å². The number of aryl methyl sites for hydroxylation is 1. The van der Waals surface area contributed by atoms with E-state index >= 15 is 0 Å². The Balaban J connectivity index is 1.88. The highest BCUT2D eigenvalue weighted by Gasteiger charge is 2.41. The monoisotopic (exact) mass is 387 g/mol. The number of halogens is 2. The van der Waals surface area contributed by atoms with Gasteiger partial charge in [-0.3, -0.25) is 9.78 Å². The molecule has 2 aliphatic rings. The number of carbonyl (C=O) groups excluding carboxylic acids is 1. The van der Waals surface area contributed by atoms with Gasteiger partial charge in [0.15, 0.2) is 5.78 Å². The first-order chi connectivity index (χ1) is 12.5. The third-order valence-corrected chi connectivity index (χ3v) is 6.03. The molecule has 0 saturated heterocycles. The molecule has 0 aliphatic heterocycles. The summed E-state index contributed by atoms with van der Waals surface area (Å²) in [7, 11) is 0. The first kappa shape index (κ1) is 17.6. The molecule has 134 valence electrons. The maximum atomic E-state index is 12.9. The lowest BCUT2D eigenvalue weighted by Gasteiger charge is -2.23. The second-order valence-corrected chi connectivity index (χ2v) is 7.88. The Bertz CT molecular complexity index is 936. The Morgan fingerprint density at radius 2 is 1.96 bits per heavy atom. The normalized spacial score (nSPS) is 22.2. The molecule has 3 nitrogen and oxygen atoms in total. The number of allylic oxidation sites excluding steroid dienone is 2. The van der Waals surface area contributed by atoms with Crippen LogP contribution in [0.1, 0.15) is 37.3 Å². The van der Waals surface area contributed by atoms with Crippen molar-refractivity contribution < 1.29 is 9.90 Å². The first-order valence-corrected chi connectivity index (χ1v) is 9.67. The molecular weight excluding hydrogens is 369 g/mol. The summed E-state index contributed by atoms with van der Waals surface area (Å²) in [6.07, 6.45) is 4.86. The molecule has 0 spiro atoms. The van der Waals surface area contributed by atoms with Gasteiger partial charge in [0.1, 0.15) is 5.76 Å². The molecule has 4 rings (SSSR count). The molecule has 1 saturated carbocycles. The van der Waals surface area contributed by atoms with Crippen molar-refractivity contribution in [1.29, 1.82) is 0 Å². The van der Waals surface area contributed by atoms with E-state index in [9.17, 15) is 9.90 Å². The lowest BCUT2D eigenvalue weighted by Crippen LogP contribution is -2.22. The number of fused-ring (bicyclic) bond motifs is 2. The minimum absolute atomic E-state index is 0.0384. The summed E-state index contributed by atoms with van der Waals surface area (Å²) in [6, 6.07) is 7.52. The third kappa shape index (κ3) is 2.83. The van der Waals surface area contributed by atoms with Gasteiger partial charge in [0, 0.05) is 23.6 Å². The van der Waals surface area contributed by atoms with E-state index in [4.69, 9.17) is 23.2 Å². The molecule has 1 aromatic heterocycles. The van der Waals surface area contributed by atoms with Crippen molar-refractivity contribution in [2.24, 2.45) is 11.8 Å². The Kier molecular flexibility index (Phi) is 4.54. The molecule has 2 bridgehead atoms. The summed E-state index contributed by atoms with van der Waals surface area (Å²) in [5.74, 6) is 0.471. The predicted molar refractivity (Wildman–Crippen MR) is 104 cm³/mol. The van der Waals surface area contributed by atoms with Crippen LogP contribution < -0.4 is 0 Å². The summed E-state index contributed by atoms with van der Waals surface area (Å²) in [5, 5.41) is 11.7. The molecule has 0 unspecified atom stereocenters. The molecule has 2 aromatic rings. The molecule has 1 N–H and O–H groups in total. The molecule has 0 amide bonds. The lowest BCUT2D eigenvalue weighted by molar-refractivity contribution is -0.117. The number of hydrogen-bond donors (Lipinski definition) is 1. The Morgan fingerprint density at radius 3 is 2.69 bits per heavy atom.